The van der Waals surface area contributed by atoms with E-state index in [-0.39, 0.29) is 12.3 Å². The molecule has 1 amide bonds. The molecule has 0 spiro atoms. The van der Waals surface area contributed by atoms with E-state index in [4.69, 9.17) is 5.11 Å². The van der Waals surface area contributed by atoms with Crippen LogP contribution in [0.5, 0.6) is 0 Å². The lowest BCUT2D eigenvalue weighted by atomic mass is 9.74. The average Bonchev–Trinajstić information content (AvgIpc) is 2.59. The number of aliphatic carboxylic acids is 1. The number of carbonyl (C=O) groups is 2. The Bertz CT molecular complexity index is 739. The standard InChI is InChI=1S/C20H21NO3S/c22-18(23)13-20(11-4-12-20)21-19(24)16-7-9-17(10-8-16)25-14-15-5-2-1-3-6-15/h1-3,5-10H,4,11-14H2,(H,21,24)(H,22,23). The largest absolute Gasteiger partial charge is 0.481 e. The molecule has 1 saturated carbocycles. The summed E-state index contributed by atoms with van der Waals surface area (Å²) in [6.45, 7) is 0. The topological polar surface area (TPSA) is 66.4 Å². The van der Waals surface area contributed by atoms with Crippen LogP contribution in [-0.4, -0.2) is 22.5 Å². The lowest BCUT2D eigenvalue weighted by molar-refractivity contribution is -0.139. The van der Waals surface area contributed by atoms with Gasteiger partial charge in [-0.1, -0.05) is 30.3 Å². The van der Waals surface area contributed by atoms with Gasteiger partial charge in [0.15, 0.2) is 0 Å². The number of rotatable bonds is 7. The second-order valence-corrected chi connectivity index (χ2v) is 7.51. The van der Waals surface area contributed by atoms with E-state index in [2.05, 4.69) is 17.4 Å². The Kier molecular flexibility index (Phi) is 5.43. The molecule has 130 valence electrons. The lowest BCUT2D eigenvalue weighted by Crippen LogP contribution is -2.54. The molecule has 1 aliphatic rings. The molecule has 0 heterocycles. The Balaban J connectivity index is 1.58. The zero-order valence-electron chi connectivity index (χ0n) is 13.9. The fraction of sp³-hybridized carbons (Fsp3) is 0.300. The predicted octanol–water partition coefficient (Wildman–Crippen LogP) is 4.11. The molecule has 0 aromatic heterocycles. The zero-order valence-corrected chi connectivity index (χ0v) is 14.7. The van der Waals surface area contributed by atoms with Gasteiger partial charge in [-0.2, -0.15) is 0 Å². The van der Waals surface area contributed by atoms with Crippen molar-refractivity contribution < 1.29 is 14.7 Å². The predicted molar refractivity (Wildman–Crippen MR) is 98.7 cm³/mol. The van der Waals surface area contributed by atoms with Gasteiger partial charge in [-0.3, -0.25) is 9.59 Å². The number of carbonyl (C=O) groups excluding carboxylic acids is 1. The van der Waals surface area contributed by atoms with Crippen molar-refractivity contribution in [2.75, 3.05) is 0 Å². The number of carboxylic acid groups (broad SMARTS) is 1. The summed E-state index contributed by atoms with van der Waals surface area (Å²) in [4.78, 5) is 24.5. The van der Waals surface area contributed by atoms with Gasteiger partial charge in [-0.25, -0.2) is 0 Å². The average molecular weight is 355 g/mol. The second kappa shape index (κ2) is 7.74. The summed E-state index contributed by atoms with van der Waals surface area (Å²) in [6, 6.07) is 17.7. The Labute approximate surface area is 151 Å². The van der Waals surface area contributed by atoms with Crippen molar-refractivity contribution in [3.8, 4) is 0 Å². The van der Waals surface area contributed by atoms with Crippen molar-refractivity contribution in [2.45, 2.75) is 41.9 Å². The molecule has 1 aliphatic carbocycles. The van der Waals surface area contributed by atoms with E-state index in [9.17, 15) is 9.59 Å². The fourth-order valence-electron chi connectivity index (χ4n) is 3.00. The third-order valence-corrected chi connectivity index (χ3v) is 5.63. The molecule has 5 heteroatoms. The van der Waals surface area contributed by atoms with Gasteiger partial charge in [-0.15, -0.1) is 11.8 Å². The highest BCUT2D eigenvalue weighted by molar-refractivity contribution is 7.98. The van der Waals surface area contributed by atoms with Gasteiger partial charge in [0.1, 0.15) is 0 Å². The van der Waals surface area contributed by atoms with Gasteiger partial charge in [0.05, 0.1) is 12.0 Å². The van der Waals surface area contributed by atoms with Crippen molar-refractivity contribution >= 4 is 23.6 Å². The molecule has 0 atom stereocenters. The van der Waals surface area contributed by atoms with Crippen LogP contribution in [0.1, 0.15) is 41.6 Å². The first-order valence-electron chi connectivity index (χ1n) is 8.37. The third kappa shape index (κ3) is 4.63. The summed E-state index contributed by atoms with van der Waals surface area (Å²) in [5.74, 6) is -0.179. The molecular formula is C20H21NO3S. The summed E-state index contributed by atoms with van der Waals surface area (Å²) >= 11 is 1.72. The zero-order chi connectivity index (χ0) is 17.7. The van der Waals surface area contributed by atoms with Crippen LogP contribution in [0.4, 0.5) is 0 Å². The number of hydrogen-bond donors (Lipinski definition) is 2. The van der Waals surface area contributed by atoms with E-state index in [0.717, 1.165) is 29.9 Å². The number of carboxylic acids is 1. The van der Waals surface area contributed by atoms with E-state index in [0.29, 0.717) is 5.56 Å². The van der Waals surface area contributed by atoms with Gasteiger partial charge >= 0.3 is 5.97 Å². The molecule has 3 rings (SSSR count). The Morgan fingerprint density at radius 1 is 1.04 bits per heavy atom. The van der Waals surface area contributed by atoms with Crippen molar-refractivity contribution in [1.29, 1.82) is 0 Å². The summed E-state index contributed by atoms with van der Waals surface area (Å²) in [5.41, 5.74) is 1.26. The smallest absolute Gasteiger partial charge is 0.305 e. The van der Waals surface area contributed by atoms with Crippen LogP contribution in [0.15, 0.2) is 59.5 Å². The normalized spacial score (nSPS) is 15.2. The first-order chi connectivity index (χ1) is 12.1. The Morgan fingerprint density at radius 2 is 1.72 bits per heavy atom. The second-order valence-electron chi connectivity index (χ2n) is 6.46. The summed E-state index contributed by atoms with van der Waals surface area (Å²) in [7, 11) is 0. The SMILES string of the molecule is O=C(O)CC1(NC(=O)c2ccc(SCc3ccccc3)cc2)CCC1. The number of nitrogens with one attached hydrogen (secondary N) is 1. The van der Waals surface area contributed by atoms with Crippen LogP contribution in [0.25, 0.3) is 0 Å². The molecule has 0 radical (unpaired) electrons. The molecule has 2 aromatic rings. The third-order valence-electron chi connectivity index (χ3n) is 4.54. The highest BCUT2D eigenvalue weighted by Crippen LogP contribution is 2.35. The number of benzene rings is 2. The van der Waals surface area contributed by atoms with Crippen LogP contribution in [0.3, 0.4) is 0 Å². The minimum Gasteiger partial charge on any atom is -0.481 e. The molecule has 0 saturated heterocycles. The molecule has 0 bridgehead atoms. The first-order valence-corrected chi connectivity index (χ1v) is 9.36. The molecule has 0 unspecified atom stereocenters. The minimum atomic E-state index is -0.868. The van der Waals surface area contributed by atoms with Crippen LogP contribution >= 0.6 is 11.8 Å². The van der Waals surface area contributed by atoms with E-state index in [1.165, 1.54) is 5.56 Å². The summed E-state index contributed by atoms with van der Waals surface area (Å²) < 4.78 is 0. The maximum Gasteiger partial charge on any atom is 0.305 e. The van der Waals surface area contributed by atoms with Gasteiger partial charge in [0, 0.05) is 16.2 Å². The molecular weight excluding hydrogens is 334 g/mol. The molecule has 2 N–H and O–H groups in total. The van der Waals surface area contributed by atoms with E-state index in [1.54, 1.807) is 23.9 Å². The van der Waals surface area contributed by atoms with E-state index < -0.39 is 11.5 Å². The lowest BCUT2D eigenvalue weighted by Gasteiger charge is -2.41. The molecule has 4 nitrogen and oxygen atoms in total. The number of amides is 1. The highest BCUT2D eigenvalue weighted by Gasteiger charge is 2.40. The van der Waals surface area contributed by atoms with Gasteiger partial charge in [-0.05, 0) is 49.1 Å². The van der Waals surface area contributed by atoms with Gasteiger partial charge in [0.25, 0.3) is 5.91 Å². The summed E-state index contributed by atoms with van der Waals surface area (Å²) in [5, 5.41) is 12.0. The maximum absolute atomic E-state index is 12.4. The van der Waals surface area contributed by atoms with Crippen molar-refractivity contribution in [3.63, 3.8) is 0 Å². The summed E-state index contributed by atoms with van der Waals surface area (Å²) in [6.07, 6.45) is 2.42. The molecule has 1 fully saturated rings. The monoisotopic (exact) mass is 355 g/mol. The van der Waals surface area contributed by atoms with Crippen LogP contribution in [0.2, 0.25) is 0 Å². The quantitative estimate of drug-likeness (QED) is 0.734. The Hall–Kier alpha value is -2.27. The highest BCUT2D eigenvalue weighted by atomic mass is 32.2. The van der Waals surface area contributed by atoms with Crippen LogP contribution < -0.4 is 5.32 Å². The molecule has 2 aromatic carbocycles. The minimum absolute atomic E-state index is 0.0102. The number of hydrogen-bond acceptors (Lipinski definition) is 3. The van der Waals surface area contributed by atoms with Crippen LogP contribution in [0, 0.1) is 0 Å². The van der Waals surface area contributed by atoms with Crippen molar-refractivity contribution in [1.82, 2.24) is 5.32 Å². The molecule has 25 heavy (non-hydrogen) atoms. The number of thioether (sulfide) groups is 1. The van der Waals surface area contributed by atoms with Crippen molar-refractivity contribution in [3.05, 3.63) is 65.7 Å². The fourth-order valence-corrected chi connectivity index (χ4v) is 3.85. The van der Waals surface area contributed by atoms with E-state index >= 15 is 0 Å². The Morgan fingerprint density at radius 3 is 2.28 bits per heavy atom. The maximum atomic E-state index is 12.4. The van der Waals surface area contributed by atoms with E-state index in [1.807, 2.05) is 30.3 Å². The van der Waals surface area contributed by atoms with Crippen LogP contribution in [-0.2, 0) is 10.5 Å². The van der Waals surface area contributed by atoms with Crippen molar-refractivity contribution in [2.24, 2.45) is 0 Å². The van der Waals surface area contributed by atoms with Gasteiger partial charge in [0.2, 0.25) is 0 Å². The molecule has 0 aliphatic heterocycles. The first kappa shape index (κ1) is 17.5. The van der Waals surface area contributed by atoms with Gasteiger partial charge < -0.3 is 10.4 Å².